The van der Waals surface area contributed by atoms with Gasteiger partial charge in [-0.15, -0.1) is 0 Å². The second-order valence-corrected chi connectivity index (χ2v) is 8.05. The number of carbonyl (C=O) groups excluding carboxylic acids is 1. The molecule has 0 aliphatic carbocycles. The van der Waals surface area contributed by atoms with Crippen LogP contribution in [0.5, 0.6) is 11.5 Å². The Morgan fingerprint density at radius 1 is 1.12 bits per heavy atom. The lowest BCUT2D eigenvalue weighted by Gasteiger charge is -2.25. The Morgan fingerprint density at radius 3 is 2.55 bits per heavy atom. The molecule has 33 heavy (non-hydrogen) atoms. The molecule has 4 rings (SSSR count). The van der Waals surface area contributed by atoms with Crippen molar-refractivity contribution in [2.75, 3.05) is 32.5 Å². The third-order valence-electron chi connectivity index (χ3n) is 5.88. The zero-order chi connectivity index (χ0) is 23.4. The van der Waals surface area contributed by atoms with Gasteiger partial charge in [-0.2, -0.15) is 0 Å². The van der Waals surface area contributed by atoms with Gasteiger partial charge in [0.15, 0.2) is 0 Å². The molecule has 8 heteroatoms. The van der Waals surface area contributed by atoms with Gasteiger partial charge in [0.1, 0.15) is 23.5 Å². The number of carboxylic acid groups (broad SMARTS) is 1. The van der Waals surface area contributed by atoms with E-state index in [4.69, 9.17) is 15.2 Å². The van der Waals surface area contributed by atoms with Gasteiger partial charge in [-0.25, -0.2) is 0 Å². The first-order chi connectivity index (χ1) is 15.9. The Labute approximate surface area is 191 Å². The quantitative estimate of drug-likeness (QED) is 0.571. The van der Waals surface area contributed by atoms with Crippen LogP contribution in [-0.4, -0.2) is 53.7 Å². The molecule has 0 bridgehead atoms. The minimum Gasteiger partial charge on any atom is -0.496 e. The Morgan fingerprint density at radius 2 is 1.88 bits per heavy atom. The first-order valence-corrected chi connectivity index (χ1v) is 10.5. The zero-order valence-electron chi connectivity index (χ0n) is 18.2. The summed E-state index contributed by atoms with van der Waals surface area (Å²) in [5.41, 5.74) is 7.17. The Bertz CT molecular complexity index is 1150. The van der Waals surface area contributed by atoms with E-state index in [0.29, 0.717) is 35.7 Å². The minimum absolute atomic E-state index is 0.0441. The van der Waals surface area contributed by atoms with E-state index in [2.05, 4.69) is 4.98 Å². The molecule has 1 saturated heterocycles. The van der Waals surface area contributed by atoms with Gasteiger partial charge in [-0.3, -0.25) is 14.6 Å². The molecular weight excluding hydrogens is 422 g/mol. The summed E-state index contributed by atoms with van der Waals surface area (Å²) in [4.78, 5) is 31.0. The van der Waals surface area contributed by atoms with Crippen molar-refractivity contribution in [1.29, 1.82) is 0 Å². The van der Waals surface area contributed by atoms with Crippen LogP contribution in [0.4, 0.5) is 5.69 Å². The highest BCUT2D eigenvalue weighted by Gasteiger charge is 2.47. The number of nitrogens with two attached hydrogens (primary N) is 1. The number of rotatable bonds is 7. The van der Waals surface area contributed by atoms with Crippen molar-refractivity contribution < 1.29 is 24.2 Å². The summed E-state index contributed by atoms with van der Waals surface area (Å²) in [6, 6.07) is 17.8. The summed E-state index contributed by atoms with van der Waals surface area (Å²) in [6.07, 6.45) is 1.89. The predicted molar refractivity (Wildman–Crippen MR) is 123 cm³/mol. The number of hydrogen-bond acceptors (Lipinski definition) is 6. The summed E-state index contributed by atoms with van der Waals surface area (Å²) in [5.74, 6) is -0.233. The molecule has 0 saturated carbocycles. The monoisotopic (exact) mass is 447 g/mol. The molecule has 0 spiro atoms. The van der Waals surface area contributed by atoms with Crippen molar-refractivity contribution >= 4 is 17.6 Å². The van der Waals surface area contributed by atoms with Crippen LogP contribution in [0.1, 0.15) is 16.8 Å². The maximum absolute atomic E-state index is 13.0. The molecule has 2 heterocycles. The van der Waals surface area contributed by atoms with Crippen molar-refractivity contribution in [1.82, 2.24) is 9.88 Å². The SMILES string of the molecule is COc1ccccc1C(=O)N1CCC(COc2ccc(-c3ccc(N)cn3)cc2)(C(=O)O)C1. The van der Waals surface area contributed by atoms with Gasteiger partial charge >= 0.3 is 5.97 Å². The molecule has 3 aromatic rings. The van der Waals surface area contributed by atoms with Gasteiger partial charge in [0, 0.05) is 18.7 Å². The fraction of sp³-hybridized carbons (Fsp3) is 0.240. The molecule has 1 unspecified atom stereocenters. The van der Waals surface area contributed by atoms with Gasteiger partial charge in [0.2, 0.25) is 0 Å². The number of pyridine rings is 1. The van der Waals surface area contributed by atoms with E-state index in [1.807, 2.05) is 18.2 Å². The molecule has 1 aliphatic heterocycles. The molecular formula is C25H25N3O5. The van der Waals surface area contributed by atoms with Crippen LogP contribution in [-0.2, 0) is 4.79 Å². The number of benzene rings is 2. The molecule has 1 aliphatic rings. The Balaban J connectivity index is 1.44. The third kappa shape index (κ3) is 4.59. The summed E-state index contributed by atoms with van der Waals surface area (Å²) in [6.45, 7) is 0.346. The summed E-state index contributed by atoms with van der Waals surface area (Å²) in [5, 5.41) is 9.97. The maximum atomic E-state index is 13.0. The van der Waals surface area contributed by atoms with Crippen molar-refractivity contribution in [3.05, 3.63) is 72.4 Å². The average molecular weight is 447 g/mol. The normalized spacial score (nSPS) is 17.5. The third-order valence-corrected chi connectivity index (χ3v) is 5.88. The van der Waals surface area contributed by atoms with E-state index in [9.17, 15) is 14.7 Å². The summed E-state index contributed by atoms with van der Waals surface area (Å²) >= 11 is 0. The van der Waals surface area contributed by atoms with Crippen LogP contribution in [0.15, 0.2) is 66.9 Å². The number of aliphatic carboxylic acids is 1. The number of nitrogen functional groups attached to an aromatic ring is 1. The molecule has 8 nitrogen and oxygen atoms in total. The molecule has 1 atom stereocenters. The summed E-state index contributed by atoms with van der Waals surface area (Å²) < 4.78 is 11.1. The minimum atomic E-state index is -1.19. The van der Waals surface area contributed by atoms with Crippen LogP contribution in [0, 0.1) is 5.41 Å². The van der Waals surface area contributed by atoms with E-state index >= 15 is 0 Å². The number of likely N-dealkylation sites (tertiary alicyclic amines) is 1. The topological polar surface area (TPSA) is 115 Å². The van der Waals surface area contributed by atoms with Crippen LogP contribution in [0.3, 0.4) is 0 Å². The van der Waals surface area contributed by atoms with Gasteiger partial charge in [-0.1, -0.05) is 12.1 Å². The van der Waals surface area contributed by atoms with E-state index in [0.717, 1.165) is 11.3 Å². The number of carbonyl (C=O) groups is 2. The largest absolute Gasteiger partial charge is 0.496 e. The molecule has 1 aromatic heterocycles. The summed E-state index contributed by atoms with van der Waals surface area (Å²) in [7, 11) is 1.50. The van der Waals surface area contributed by atoms with Crippen molar-refractivity contribution in [2.24, 2.45) is 5.41 Å². The van der Waals surface area contributed by atoms with E-state index in [1.165, 1.54) is 7.11 Å². The Kier molecular flexibility index (Phi) is 6.17. The number of aromatic nitrogens is 1. The van der Waals surface area contributed by atoms with Crippen molar-refractivity contribution in [3.63, 3.8) is 0 Å². The van der Waals surface area contributed by atoms with Crippen molar-refractivity contribution in [2.45, 2.75) is 6.42 Å². The number of carboxylic acids is 1. The Hall–Kier alpha value is -4.07. The molecule has 1 fully saturated rings. The highest BCUT2D eigenvalue weighted by Crippen LogP contribution is 2.34. The van der Waals surface area contributed by atoms with Gasteiger partial charge < -0.3 is 25.2 Å². The lowest BCUT2D eigenvalue weighted by molar-refractivity contribution is -0.149. The number of ether oxygens (including phenoxy) is 2. The average Bonchev–Trinajstić information content (AvgIpc) is 3.29. The van der Waals surface area contributed by atoms with Gasteiger partial charge in [0.25, 0.3) is 5.91 Å². The fourth-order valence-electron chi connectivity index (χ4n) is 3.91. The number of para-hydroxylation sites is 1. The number of amides is 1. The number of nitrogens with zero attached hydrogens (tertiary/aromatic N) is 2. The van der Waals surface area contributed by atoms with Gasteiger partial charge in [-0.05, 0) is 55.0 Å². The van der Waals surface area contributed by atoms with E-state index < -0.39 is 11.4 Å². The highest BCUT2D eigenvalue weighted by atomic mass is 16.5. The molecule has 1 amide bonds. The lowest BCUT2D eigenvalue weighted by atomic mass is 9.88. The maximum Gasteiger partial charge on any atom is 0.315 e. The fourth-order valence-corrected chi connectivity index (χ4v) is 3.91. The van der Waals surface area contributed by atoms with Gasteiger partial charge in [0.05, 0.1) is 30.3 Å². The van der Waals surface area contributed by atoms with E-state index in [1.54, 1.807) is 53.6 Å². The number of hydrogen-bond donors (Lipinski definition) is 2. The van der Waals surface area contributed by atoms with Crippen LogP contribution in [0.25, 0.3) is 11.3 Å². The predicted octanol–water partition coefficient (Wildman–Crippen LogP) is 3.34. The second kappa shape index (κ2) is 9.20. The first-order valence-electron chi connectivity index (χ1n) is 10.5. The number of anilines is 1. The van der Waals surface area contributed by atoms with Crippen molar-refractivity contribution in [3.8, 4) is 22.8 Å². The van der Waals surface area contributed by atoms with Crippen LogP contribution in [0.2, 0.25) is 0 Å². The lowest BCUT2D eigenvalue weighted by Crippen LogP contribution is -2.41. The van der Waals surface area contributed by atoms with E-state index in [-0.39, 0.29) is 19.1 Å². The molecule has 0 radical (unpaired) electrons. The molecule has 170 valence electrons. The second-order valence-electron chi connectivity index (χ2n) is 8.05. The first kappa shape index (κ1) is 22.1. The smallest absolute Gasteiger partial charge is 0.315 e. The molecule has 3 N–H and O–H groups in total. The standard InChI is InChI=1S/C25H25N3O5/c1-32-22-5-3-2-4-20(22)23(29)28-13-12-25(15-28,24(30)31)16-33-19-9-6-17(7-10-19)21-11-8-18(26)14-27-21/h2-11,14H,12-13,15-16,26H2,1H3,(H,30,31). The zero-order valence-corrected chi connectivity index (χ0v) is 18.2. The molecule has 2 aromatic carbocycles. The van der Waals surface area contributed by atoms with Crippen LogP contribution < -0.4 is 15.2 Å². The van der Waals surface area contributed by atoms with Crippen LogP contribution >= 0.6 is 0 Å². The highest BCUT2D eigenvalue weighted by molar-refractivity contribution is 5.97. The number of methoxy groups -OCH3 is 1.